The van der Waals surface area contributed by atoms with Gasteiger partial charge in [0.05, 0.1) is 11.4 Å². The highest BCUT2D eigenvalue weighted by Crippen LogP contribution is 2.19. The molecule has 2 rings (SSSR count). The molecule has 0 aliphatic carbocycles. The molecule has 1 heterocycles. The van der Waals surface area contributed by atoms with Crippen molar-refractivity contribution >= 4 is 15.9 Å². The van der Waals surface area contributed by atoms with Gasteiger partial charge < -0.3 is 5.73 Å². The molecule has 2 aromatic rings. The van der Waals surface area contributed by atoms with Gasteiger partial charge in [0.1, 0.15) is 5.69 Å². The predicted octanol–water partition coefficient (Wildman–Crippen LogP) is 2.36. The summed E-state index contributed by atoms with van der Waals surface area (Å²) in [5, 5.41) is 8.21. The lowest BCUT2D eigenvalue weighted by Gasteiger charge is -2.05. The van der Waals surface area contributed by atoms with Crippen LogP contribution in [0.25, 0.3) is 5.69 Å². The van der Waals surface area contributed by atoms with E-state index in [2.05, 4.69) is 26.2 Å². The zero-order valence-electron chi connectivity index (χ0n) is 9.18. The molecule has 0 aliphatic heterocycles. The molecule has 0 saturated heterocycles. The van der Waals surface area contributed by atoms with Crippen molar-refractivity contribution in [2.24, 2.45) is 5.73 Å². The van der Waals surface area contributed by atoms with Crippen LogP contribution in [-0.2, 0) is 0 Å². The predicted molar refractivity (Wildman–Crippen MR) is 66.4 cm³/mol. The number of hydrogen-bond donors (Lipinski definition) is 1. The number of nitrogens with two attached hydrogens (primary N) is 1. The number of hydrogen-bond acceptors (Lipinski definition) is 3. The first kappa shape index (κ1) is 11.3. The van der Waals surface area contributed by atoms with E-state index < -0.39 is 0 Å². The quantitative estimate of drug-likeness (QED) is 0.919. The second-order valence-corrected chi connectivity index (χ2v) is 4.66. The molecule has 1 aromatic heterocycles. The Hall–Kier alpha value is -1.20. The maximum Gasteiger partial charge on any atom is 0.102 e. The molecule has 5 heteroatoms. The molecular formula is C11H13BrN4. The van der Waals surface area contributed by atoms with E-state index in [-0.39, 0.29) is 6.04 Å². The Morgan fingerprint density at radius 2 is 2.19 bits per heavy atom. The molecule has 16 heavy (non-hydrogen) atoms. The summed E-state index contributed by atoms with van der Waals surface area (Å²) < 4.78 is 2.81. The molecule has 1 atom stereocenters. The summed E-state index contributed by atoms with van der Waals surface area (Å²) in [5.74, 6) is 0. The molecule has 0 aliphatic rings. The van der Waals surface area contributed by atoms with E-state index in [9.17, 15) is 0 Å². The van der Waals surface area contributed by atoms with E-state index in [1.54, 1.807) is 4.68 Å². The van der Waals surface area contributed by atoms with Crippen LogP contribution in [-0.4, -0.2) is 15.0 Å². The van der Waals surface area contributed by atoms with Crippen LogP contribution < -0.4 is 5.73 Å². The molecule has 0 radical (unpaired) electrons. The highest BCUT2D eigenvalue weighted by molar-refractivity contribution is 9.10. The first-order valence-electron chi connectivity index (χ1n) is 5.03. The smallest absolute Gasteiger partial charge is 0.102 e. The molecule has 0 fully saturated rings. The average Bonchev–Trinajstić information content (AvgIpc) is 2.60. The third-order valence-electron chi connectivity index (χ3n) is 2.41. The van der Waals surface area contributed by atoms with Gasteiger partial charge in [-0.1, -0.05) is 27.2 Å². The third-order valence-corrected chi connectivity index (χ3v) is 2.91. The molecule has 0 bridgehead atoms. The van der Waals surface area contributed by atoms with E-state index in [1.165, 1.54) is 0 Å². The second-order valence-electron chi connectivity index (χ2n) is 3.74. The molecule has 0 spiro atoms. The summed E-state index contributed by atoms with van der Waals surface area (Å²) in [6.07, 6.45) is 0. The van der Waals surface area contributed by atoms with Crippen LogP contribution in [0.2, 0.25) is 0 Å². The van der Waals surface area contributed by atoms with Gasteiger partial charge in [0.15, 0.2) is 0 Å². The van der Waals surface area contributed by atoms with Gasteiger partial charge in [0, 0.05) is 10.5 Å². The van der Waals surface area contributed by atoms with E-state index >= 15 is 0 Å². The number of rotatable bonds is 2. The molecule has 2 N–H and O–H groups in total. The summed E-state index contributed by atoms with van der Waals surface area (Å²) in [5.41, 5.74) is 8.60. The minimum absolute atomic E-state index is 0.0964. The summed E-state index contributed by atoms with van der Waals surface area (Å²) in [7, 11) is 0. The molecule has 84 valence electrons. The van der Waals surface area contributed by atoms with Gasteiger partial charge in [-0.3, -0.25) is 0 Å². The maximum absolute atomic E-state index is 5.81. The lowest BCUT2D eigenvalue weighted by molar-refractivity contribution is 0.756. The van der Waals surface area contributed by atoms with Crippen molar-refractivity contribution in [3.63, 3.8) is 0 Å². The SMILES string of the molecule is Cc1c(C(C)N)nnn1-c1cccc(Br)c1. The van der Waals surface area contributed by atoms with Crippen LogP contribution in [0, 0.1) is 6.92 Å². The van der Waals surface area contributed by atoms with Gasteiger partial charge in [-0.25, -0.2) is 4.68 Å². The Kier molecular flexibility index (Phi) is 3.07. The van der Waals surface area contributed by atoms with E-state index in [0.717, 1.165) is 21.5 Å². The van der Waals surface area contributed by atoms with Crippen LogP contribution >= 0.6 is 15.9 Å². The molecule has 1 aromatic carbocycles. The standard InChI is InChI=1S/C11H13BrN4/c1-7(13)11-8(2)16(15-14-11)10-5-3-4-9(12)6-10/h3-7H,13H2,1-2H3. The van der Waals surface area contributed by atoms with Gasteiger partial charge >= 0.3 is 0 Å². The summed E-state index contributed by atoms with van der Waals surface area (Å²) in [6.45, 7) is 3.88. The Labute approximate surface area is 103 Å². The zero-order chi connectivity index (χ0) is 11.7. The Morgan fingerprint density at radius 3 is 2.75 bits per heavy atom. The van der Waals surface area contributed by atoms with Gasteiger partial charge in [-0.05, 0) is 32.0 Å². The van der Waals surface area contributed by atoms with Gasteiger partial charge in [0.2, 0.25) is 0 Å². The normalized spacial score (nSPS) is 12.8. The van der Waals surface area contributed by atoms with E-state index in [0.29, 0.717) is 0 Å². The van der Waals surface area contributed by atoms with Gasteiger partial charge in [-0.15, -0.1) is 5.10 Å². The summed E-state index contributed by atoms with van der Waals surface area (Å²) in [6, 6.07) is 7.82. The fraction of sp³-hybridized carbons (Fsp3) is 0.273. The Balaban J connectivity index is 2.49. The first-order chi connectivity index (χ1) is 7.59. The van der Waals surface area contributed by atoms with Crippen molar-refractivity contribution in [1.82, 2.24) is 15.0 Å². The van der Waals surface area contributed by atoms with Crippen molar-refractivity contribution in [1.29, 1.82) is 0 Å². The fourth-order valence-electron chi connectivity index (χ4n) is 1.61. The number of halogens is 1. The number of benzene rings is 1. The zero-order valence-corrected chi connectivity index (χ0v) is 10.8. The Bertz CT molecular complexity index is 504. The molecule has 0 amide bonds. The van der Waals surface area contributed by atoms with Gasteiger partial charge in [-0.2, -0.15) is 0 Å². The van der Waals surface area contributed by atoms with Crippen molar-refractivity contribution < 1.29 is 0 Å². The van der Waals surface area contributed by atoms with Crippen LogP contribution in [0.5, 0.6) is 0 Å². The van der Waals surface area contributed by atoms with Crippen LogP contribution in [0.1, 0.15) is 24.4 Å². The van der Waals surface area contributed by atoms with E-state index in [1.807, 2.05) is 38.1 Å². The minimum atomic E-state index is -0.0964. The van der Waals surface area contributed by atoms with Crippen molar-refractivity contribution in [2.75, 3.05) is 0 Å². The largest absolute Gasteiger partial charge is 0.323 e. The molecular weight excluding hydrogens is 268 g/mol. The average molecular weight is 281 g/mol. The number of aromatic nitrogens is 3. The topological polar surface area (TPSA) is 56.7 Å². The van der Waals surface area contributed by atoms with Crippen molar-refractivity contribution in [2.45, 2.75) is 19.9 Å². The van der Waals surface area contributed by atoms with Crippen LogP contribution in [0.4, 0.5) is 0 Å². The summed E-state index contributed by atoms with van der Waals surface area (Å²) in [4.78, 5) is 0. The monoisotopic (exact) mass is 280 g/mol. The lowest BCUT2D eigenvalue weighted by atomic mass is 10.2. The molecule has 1 unspecified atom stereocenters. The van der Waals surface area contributed by atoms with E-state index in [4.69, 9.17) is 5.73 Å². The van der Waals surface area contributed by atoms with Crippen LogP contribution in [0.15, 0.2) is 28.7 Å². The molecule has 0 saturated carbocycles. The Morgan fingerprint density at radius 1 is 1.44 bits per heavy atom. The van der Waals surface area contributed by atoms with Gasteiger partial charge in [0.25, 0.3) is 0 Å². The van der Waals surface area contributed by atoms with Crippen LogP contribution in [0.3, 0.4) is 0 Å². The summed E-state index contributed by atoms with van der Waals surface area (Å²) >= 11 is 3.43. The maximum atomic E-state index is 5.81. The molecule has 4 nitrogen and oxygen atoms in total. The second kappa shape index (κ2) is 4.35. The lowest BCUT2D eigenvalue weighted by Crippen LogP contribution is -2.07. The number of nitrogens with zero attached hydrogens (tertiary/aromatic N) is 3. The minimum Gasteiger partial charge on any atom is -0.323 e. The highest BCUT2D eigenvalue weighted by atomic mass is 79.9. The van der Waals surface area contributed by atoms with Crippen molar-refractivity contribution in [3.05, 3.63) is 40.1 Å². The third kappa shape index (κ3) is 2.01. The van der Waals surface area contributed by atoms with Crippen molar-refractivity contribution in [3.8, 4) is 5.69 Å². The fourth-order valence-corrected chi connectivity index (χ4v) is 2.00. The first-order valence-corrected chi connectivity index (χ1v) is 5.82. The highest BCUT2D eigenvalue weighted by Gasteiger charge is 2.12.